The molecule has 0 heterocycles. The second-order valence-corrected chi connectivity index (χ2v) is 6.67. The van der Waals surface area contributed by atoms with Gasteiger partial charge in [0.25, 0.3) is 5.91 Å². The van der Waals surface area contributed by atoms with Crippen LogP contribution in [-0.2, 0) is 4.79 Å². The molecule has 1 aromatic carbocycles. The standard InChI is InChI=1S/C18H27ClN2O4/c1-7-8-25-16-13(19)9-12(10-14(16)24-6)17(22)20-15(11(2)3)18(23)21(4)5/h9-11,15H,7-8H2,1-6H3,(H,20,22)/t15-/m1/s1. The first kappa shape index (κ1) is 21.1. The number of nitrogens with one attached hydrogen (secondary N) is 1. The van der Waals surface area contributed by atoms with Crippen LogP contribution in [0.3, 0.4) is 0 Å². The molecule has 0 aliphatic carbocycles. The maximum atomic E-state index is 12.6. The Balaban J connectivity index is 3.08. The fourth-order valence-electron chi connectivity index (χ4n) is 2.21. The fraction of sp³-hybridized carbons (Fsp3) is 0.556. The molecule has 7 heteroatoms. The molecule has 0 fully saturated rings. The molecule has 0 aromatic heterocycles. The smallest absolute Gasteiger partial charge is 0.252 e. The molecule has 2 amide bonds. The second-order valence-electron chi connectivity index (χ2n) is 6.27. The first-order chi connectivity index (χ1) is 11.7. The maximum absolute atomic E-state index is 12.6. The van der Waals surface area contributed by atoms with Crippen LogP contribution in [-0.4, -0.2) is 50.6 Å². The van der Waals surface area contributed by atoms with Gasteiger partial charge in [0.2, 0.25) is 5.91 Å². The van der Waals surface area contributed by atoms with E-state index < -0.39 is 11.9 Å². The molecule has 140 valence electrons. The van der Waals surface area contributed by atoms with Gasteiger partial charge in [-0.3, -0.25) is 9.59 Å². The normalized spacial score (nSPS) is 11.8. The van der Waals surface area contributed by atoms with Gasteiger partial charge >= 0.3 is 0 Å². The zero-order chi connectivity index (χ0) is 19.1. The third kappa shape index (κ3) is 5.53. The Bertz CT molecular complexity index is 617. The highest BCUT2D eigenvalue weighted by Crippen LogP contribution is 2.36. The van der Waals surface area contributed by atoms with Crippen molar-refractivity contribution in [1.29, 1.82) is 0 Å². The van der Waals surface area contributed by atoms with Gasteiger partial charge < -0.3 is 19.7 Å². The Morgan fingerprint density at radius 1 is 1.28 bits per heavy atom. The van der Waals surface area contributed by atoms with Gasteiger partial charge in [0.1, 0.15) is 6.04 Å². The van der Waals surface area contributed by atoms with Crippen LogP contribution in [0.1, 0.15) is 37.6 Å². The number of ether oxygens (including phenoxy) is 2. The molecule has 25 heavy (non-hydrogen) atoms. The Labute approximate surface area is 154 Å². The van der Waals surface area contributed by atoms with Crippen molar-refractivity contribution in [3.05, 3.63) is 22.7 Å². The van der Waals surface area contributed by atoms with Crippen LogP contribution < -0.4 is 14.8 Å². The van der Waals surface area contributed by atoms with E-state index in [0.29, 0.717) is 23.7 Å². The summed E-state index contributed by atoms with van der Waals surface area (Å²) in [6.07, 6.45) is 0.824. The predicted octanol–water partition coefficient (Wildman–Crippen LogP) is 2.98. The average Bonchev–Trinajstić information content (AvgIpc) is 2.56. The summed E-state index contributed by atoms with van der Waals surface area (Å²) in [4.78, 5) is 26.3. The number of rotatable bonds is 8. The minimum Gasteiger partial charge on any atom is -0.493 e. The summed E-state index contributed by atoms with van der Waals surface area (Å²) in [5, 5.41) is 3.06. The number of likely N-dealkylation sites (N-methyl/N-ethyl adjacent to an activating group) is 1. The van der Waals surface area contributed by atoms with E-state index >= 15 is 0 Å². The summed E-state index contributed by atoms with van der Waals surface area (Å²) in [5.74, 6) is 0.183. The predicted molar refractivity (Wildman–Crippen MR) is 98.6 cm³/mol. The zero-order valence-corrected chi connectivity index (χ0v) is 16.4. The van der Waals surface area contributed by atoms with Crippen molar-refractivity contribution in [2.45, 2.75) is 33.2 Å². The lowest BCUT2D eigenvalue weighted by Gasteiger charge is -2.25. The number of benzene rings is 1. The first-order valence-electron chi connectivity index (χ1n) is 8.25. The van der Waals surface area contributed by atoms with E-state index in [2.05, 4.69) is 5.32 Å². The molecule has 6 nitrogen and oxygen atoms in total. The van der Waals surface area contributed by atoms with Crippen molar-refractivity contribution < 1.29 is 19.1 Å². The van der Waals surface area contributed by atoms with Crippen LogP contribution in [0.15, 0.2) is 12.1 Å². The highest BCUT2D eigenvalue weighted by Gasteiger charge is 2.26. The van der Waals surface area contributed by atoms with E-state index in [0.717, 1.165) is 6.42 Å². The van der Waals surface area contributed by atoms with Crippen LogP contribution in [0.4, 0.5) is 0 Å². The second kappa shape index (κ2) is 9.51. The summed E-state index contributed by atoms with van der Waals surface area (Å²) >= 11 is 6.25. The van der Waals surface area contributed by atoms with E-state index in [-0.39, 0.29) is 16.8 Å². The molecule has 0 bridgehead atoms. The van der Waals surface area contributed by atoms with Gasteiger partial charge in [-0.1, -0.05) is 32.4 Å². The number of amides is 2. The molecular weight excluding hydrogens is 344 g/mol. The molecule has 0 spiro atoms. The van der Waals surface area contributed by atoms with Crippen LogP contribution in [0.25, 0.3) is 0 Å². The van der Waals surface area contributed by atoms with Crippen LogP contribution in [0, 0.1) is 5.92 Å². The lowest BCUT2D eigenvalue weighted by molar-refractivity contribution is -0.131. The highest BCUT2D eigenvalue weighted by molar-refractivity contribution is 6.32. The Hall–Kier alpha value is -1.95. The number of methoxy groups -OCH3 is 1. The topological polar surface area (TPSA) is 67.9 Å². The minimum absolute atomic E-state index is 0.0524. The van der Waals surface area contributed by atoms with Gasteiger partial charge in [-0.05, 0) is 24.5 Å². The van der Waals surface area contributed by atoms with Gasteiger partial charge in [0, 0.05) is 19.7 Å². The van der Waals surface area contributed by atoms with Gasteiger partial charge in [0.05, 0.1) is 18.7 Å². The zero-order valence-electron chi connectivity index (χ0n) is 15.7. The summed E-state index contributed by atoms with van der Waals surface area (Å²) in [6.45, 7) is 6.23. The summed E-state index contributed by atoms with van der Waals surface area (Å²) in [5.41, 5.74) is 0.308. The van der Waals surface area contributed by atoms with Gasteiger partial charge in [-0.15, -0.1) is 0 Å². The number of halogens is 1. The van der Waals surface area contributed by atoms with E-state index in [4.69, 9.17) is 21.1 Å². The Kier molecular flexibility index (Phi) is 8.03. The van der Waals surface area contributed by atoms with Gasteiger partial charge in [-0.25, -0.2) is 0 Å². The molecule has 0 aliphatic rings. The molecule has 0 saturated carbocycles. The first-order valence-corrected chi connectivity index (χ1v) is 8.63. The maximum Gasteiger partial charge on any atom is 0.252 e. The number of nitrogens with zero attached hydrogens (tertiary/aromatic N) is 1. The van der Waals surface area contributed by atoms with Gasteiger partial charge in [0.15, 0.2) is 11.5 Å². The summed E-state index contributed by atoms with van der Waals surface area (Å²) < 4.78 is 10.9. The van der Waals surface area contributed by atoms with Crippen molar-refractivity contribution in [1.82, 2.24) is 10.2 Å². The largest absolute Gasteiger partial charge is 0.493 e. The molecule has 0 unspecified atom stereocenters. The molecule has 0 aliphatic heterocycles. The van der Waals surface area contributed by atoms with Crippen LogP contribution in [0.2, 0.25) is 5.02 Å². The third-order valence-electron chi connectivity index (χ3n) is 3.60. The Morgan fingerprint density at radius 2 is 1.92 bits per heavy atom. The lowest BCUT2D eigenvalue weighted by atomic mass is 10.0. The molecule has 1 aromatic rings. The van der Waals surface area contributed by atoms with Crippen molar-refractivity contribution >= 4 is 23.4 Å². The Morgan fingerprint density at radius 3 is 2.40 bits per heavy atom. The van der Waals surface area contributed by atoms with Crippen molar-refractivity contribution in [2.24, 2.45) is 5.92 Å². The molecule has 0 saturated heterocycles. The van der Waals surface area contributed by atoms with E-state index in [9.17, 15) is 9.59 Å². The quantitative estimate of drug-likeness (QED) is 0.763. The molecular formula is C18H27ClN2O4. The monoisotopic (exact) mass is 370 g/mol. The van der Waals surface area contributed by atoms with Crippen molar-refractivity contribution in [3.63, 3.8) is 0 Å². The fourth-order valence-corrected chi connectivity index (χ4v) is 2.48. The summed E-state index contributed by atoms with van der Waals surface area (Å²) in [6, 6.07) is 2.45. The number of carbonyl (C=O) groups is 2. The molecule has 1 atom stereocenters. The van der Waals surface area contributed by atoms with E-state index in [1.807, 2.05) is 20.8 Å². The van der Waals surface area contributed by atoms with Crippen LogP contribution in [0.5, 0.6) is 11.5 Å². The SMILES string of the molecule is CCCOc1c(Cl)cc(C(=O)N[C@@H](C(=O)N(C)C)C(C)C)cc1OC. The van der Waals surface area contributed by atoms with Crippen molar-refractivity contribution in [3.8, 4) is 11.5 Å². The van der Waals surface area contributed by atoms with Gasteiger partial charge in [-0.2, -0.15) is 0 Å². The van der Waals surface area contributed by atoms with Crippen LogP contribution >= 0.6 is 11.6 Å². The average molecular weight is 371 g/mol. The third-order valence-corrected chi connectivity index (χ3v) is 3.88. The van der Waals surface area contributed by atoms with E-state index in [1.165, 1.54) is 18.1 Å². The molecule has 0 radical (unpaired) electrons. The lowest BCUT2D eigenvalue weighted by Crippen LogP contribution is -2.49. The minimum atomic E-state index is -0.622. The van der Waals surface area contributed by atoms with E-state index in [1.54, 1.807) is 20.2 Å². The number of carbonyl (C=O) groups excluding carboxylic acids is 2. The number of hydrogen-bond acceptors (Lipinski definition) is 4. The van der Waals surface area contributed by atoms with Crippen molar-refractivity contribution in [2.75, 3.05) is 27.8 Å². The molecule has 1 N–H and O–H groups in total. The highest BCUT2D eigenvalue weighted by atomic mass is 35.5. The molecule has 1 rings (SSSR count). The number of hydrogen-bond donors (Lipinski definition) is 1. The summed E-state index contributed by atoms with van der Waals surface area (Å²) in [7, 11) is 4.80.